The van der Waals surface area contributed by atoms with Crippen LogP contribution in [0.25, 0.3) is 0 Å². The molecule has 0 rings (SSSR count). The van der Waals surface area contributed by atoms with Crippen molar-refractivity contribution in [1.29, 1.82) is 0 Å². The fourth-order valence-corrected chi connectivity index (χ4v) is 1.48. The van der Waals surface area contributed by atoms with Crippen LogP contribution in [-0.4, -0.2) is 0 Å². The fraction of sp³-hybridized carbons (Fsp3) is 0.667. The molecular formula is C15H27. The summed E-state index contributed by atoms with van der Waals surface area (Å²) in [5.74, 6) is 0. The predicted molar refractivity (Wildman–Crippen MR) is 70.9 cm³/mol. The summed E-state index contributed by atoms with van der Waals surface area (Å²) in [5, 5.41) is 0. The molecule has 1 radical (unpaired) electrons. The topological polar surface area (TPSA) is 0 Å². The first-order chi connectivity index (χ1) is 7.41. The zero-order chi connectivity index (χ0) is 11.2. The van der Waals surface area contributed by atoms with Crippen LogP contribution in [-0.2, 0) is 0 Å². The smallest absolute Gasteiger partial charge is 0.0348 e. The van der Waals surface area contributed by atoms with Crippen LogP contribution in [0.15, 0.2) is 24.3 Å². The largest absolute Gasteiger partial charge is 0.0845 e. The molecule has 0 nitrogen and oxygen atoms in total. The van der Waals surface area contributed by atoms with Gasteiger partial charge in [0, 0.05) is 0 Å². The highest BCUT2D eigenvalue weighted by atomic mass is 13.9. The Kier molecular flexibility index (Phi) is 13.0. The molecule has 0 saturated carbocycles. The van der Waals surface area contributed by atoms with Gasteiger partial charge in [-0.3, -0.25) is 0 Å². The summed E-state index contributed by atoms with van der Waals surface area (Å²) in [6, 6.07) is 0. The minimum atomic E-state index is 1.08. The maximum atomic E-state index is 3.84. The summed E-state index contributed by atoms with van der Waals surface area (Å²) < 4.78 is 0. The van der Waals surface area contributed by atoms with Crippen molar-refractivity contribution in [1.82, 2.24) is 0 Å². The van der Waals surface area contributed by atoms with E-state index in [2.05, 4.69) is 38.2 Å². The van der Waals surface area contributed by atoms with Crippen molar-refractivity contribution in [2.45, 2.75) is 64.7 Å². The van der Waals surface area contributed by atoms with Gasteiger partial charge in [-0.25, -0.2) is 0 Å². The van der Waals surface area contributed by atoms with Crippen molar-refractivity contribution in [2.75, 3.05) is 0 Å². The van der Waals surface area contributed by atoms with Crippen molar-refractivity contribution in [3.05, 3.63) is 31.2 Å². The van der Waals surface area contributed by atoms with Gasteiger partial charge in [-0.15, -0.1) is 0 Å². The average molecular weight is 207 g/mol. The quantitative estimate of drug-likeness (QED) is 0.329. The number of rotatable bonds is 10. The van der Waals surface area contributed by atoms with Crippen LogP contribution in [0.5, 0.6) is 0 Å². The van der Waals surface area contributed by atoms with Crippen LogP contribution in [0.3, 0.4) is 0 Å². The van der Waals surface area contributed by atoms with Crippen molar-refractivity contribution in [2.24, 2.45) is 0 Å². The molecule has 0 heterocycles. The van der Waals surface area contributed by atoms with Gasteiger partial charge in [-0.2, -0.15) is 0 Å². The van der Waals surface area contributed by atoms with Gasteiger partial charge in [0.25, 0.3) is 0 Å². The molecule has 0 amide bonds. The molecule has 0 aliphatic carbocycles. The van der Waals surface area contributed by atoms with Crippen LogP contribution in [0.2, 0.25) is 0 Å². The number of unbranched alkanes of at least 4 members (excludes halogenated alkanes) is 7. The summed E-state index contributed by atoms with van der Waals surface area (Å²) in [4.78, 5) is 0. The molecule has 0 N–H and O–H groups in total. The minimum absolute atomic E-state index is 1.08. The third-order valence-corrected chi connectivity index (χ3v) is 2.48. The fourth-order valence-electron chi connectivity index (χ4n) is 1.48. The third-order valence-electron chi connectivity index (χ3n) is 2.48. The van der Waals surface area contributed by atoms with E-state index in [4.69, 9.17) is 0 Å². The predicted octanol–water partition coefficient (Wildman–Crippen LogP) is 5.46. The molecule has 0 atom stereocenters. The SMILES string of the molecule is [CH2]CCCCCC=CC=CCCCCC. The zero-order valence-corrected chi connectivity index (χ0v) is 10.4. The number of hydrogen-bond acceptors (Lipinski definition) is 0. The summed E-state index contributed by atoms with van der Waals surface area (Å²) in [5.41, 5.74) is 0. The highest BCUT2D eigenvalue weighted by molar-refractivity contribution is 5.02. The first kappa shape index (κ1) is 14.5. The lowest BCUT2D eigenvalue weighted by Crippen LogP contribution is -1.73. The molecule has 0 aromatic carbocycles. The van der Waals surface area contributed by atoms with Crippen molar-refractivity contribution in [3.8, 4) is 0 Å². The van der Waals surface area contributed by atoms with Gasteiger partial charge in [-0.05, 0) is 25.7 Å². The highest BCUT2D eigenvalue weighted by Crippen LogP contribution is 2.03. The third kappa shape index (κ3) is 13.5. The van der Waals surface area contributed by atoms with E-state index in [0.717, 1.165) is 6.42 Å². The molecule has 0 aromatic rings. The Labute approximate surface area is 96.5 Å². The molecule has 0 fully saturated rings. The molecule has 15 heavy (non-hydrogen) atoms. The van der Waals surface area contributed by atoms with Gasteiger partial charge in [0.2, 0.25) is 0 Å². The molecule has 0 aromatic heterocycles. The van der Waals surface area contributed by atoms with E-state index in [0.29, 0.717) is 0 Å². The van der Waals surface area contributed by atoms with Crippen LogP contribution in [0.4, 0.5) is 0 Å². The second-order valence-corrected chi connectivity index (χ2v) is 4.05. The van der Waals surface area contributed by atoms with Gasteiger partial charge in [0.05, 0.1) is 0 Å². The van der Waals surface area contributed by atoms with Gasteiger partial charge >= 0.3 is 0 Å². The molecule has 87 valence electrons. The second-order valence-electron chi connectivity index (χ2n) is 4.05. The lowest BCUT2D eigenvalue weighted by atomic mass is 10.1. The first-order valence-corrected chi connectivity index (χ1v) is 6.52. The van der Waals surface area contributed by atoms with Crippen LogP contribution in [0, 0.1) is 6.92 Å². The molecule has 0 saturated heterocycles. The maximum Gasteiger partial charge on any atom is -0.0348 e. The molecular weight excluding hydrogens is 180 g/mol. The van der Waals surface area contributed by atoms with Gasteiger partial charge in [0.15, 0.2) is 0 Å². The summed E-state index contributed by atoms with van der Waals surface area (Å²) in [6.45, 7) is 6.08. The van der Waals surface area contributed by atoms with Crippen LogP contribution < -0.4 is 0 Å². The van der Waals surface area contributed by atoms with E-state index in [1.807, 2.05) is 0 Å². The molecule has 0 aliphatic rings. The molecule has 0 unspecified atom stereocenters. The molecule has 0 heteroatoms. The van der Waals surface area contributed by atoms with Crippen molar-refractivity contribution >= 4 is 0 Å². The highest BCUT2D eigenvalue weighted by Gasteiger charge is 1.83. The Hall–Kier alpha value is -0.520. The van der Waals surface area contributed by atoms with Gasteiger partial charge in [0.1, 0.15) is 0 Å². The van der Waals surface area contributed by atoms with E-state index in [1.54, 1.807) is 0 Å². The van der Waals surface area contributed by atoms with Crippen molar-refractivity contribution < 1.29 is 0 Å². The lowest BCUT2D eigenvalue weighted by molar-refractivity contribution is 0.695. The van der Waals surface area contributed by atoms with E-state index >= 15 is 0 Å². The second kappa shape index (κ2) is 13.5. The normalized spacial score (nSPS) is 11.9. The Morgan fingerprint density at radius 2 is 1.40 bits per heavy atom. The Morgan fingerprint density at radius 1 is 0.800 bits per heavy atom. The van der Waals surface area contributed by atoms with E-state index in [9.17, 15) is 0 Å². The monoisotopic (exact) mass is 207 g/mol. The van der Waals surface area contributed by atoms with E-state index < -0.39 is 0 Å². The molecule has 0 bridgehead atoms. The van der Waals surface area contributed by atoms with Crippen LogP contribution >= 0.6 is 0 Å². The van der Waals surface area contributed by atoms with Crippen molar-refractivity contribution in [3.63, 3.8) is 0 Å². The lowest BCUT2D eigenvalue weighted by Gasteiger charge is -1.93. The molecule has 0 spiro atoms. The number of allylic oxidation sites excluding steroid dienone is 4. The molecule has 0 aliphatic heterocycles. The summed E-state index contributed by atoms with van der Waals surface area (Å²) in [7, 11) is 0. The Balaban J connectivity index is 3.15. The zero-order valence-electron chi connectivity index (χ0n) is 10.4. The Morgan fingerprint density at radius 3 is 1.93 bits per heavy atom. The van der Waals surface area contributed by atoms with Gasteiger partial charge < -0.3 is 0 Å². The van der Waals surface area contributed by atoms with E-state index in [-0.39, 0.29) is 0 Å². The number of hydrogen-bond donors (Lipinski definition) is 0. The summed E-state index contributed by atoms with van der Waals surface area (Å²) in [6.07, 6.45) is 20.4. The minimum Gasteiger partial charge on any atom is -0.0845 e. The summed E-state index contributed by atoms with van der Waals surface area (Å²) >= 11 is 0. The van der Waals surface area contributed by atoms with Crippen LogP contribution in [0.1, 0.15) is 64.7 Å². The van der Waals surface area contributed by atoms with E-state index in [1.165, 1.54) is 51.4 Å². The van der Waals surface area contributed by atoms with Gasteiger partial charge in [-0.1, -0.05) is 70.3 Å². The standard InChI is InChI=1S/C15H27/c1-3-5-7-9-11-13-15-14-12-10-8-6-4-2/h12-15H,1,3-11H2,2H3. The first-order valence-electron chi connectivity index (χ1n) is 6.52. The Bertz CT molecular complexity index is 153. The average Bonchev–Trinajstić information content (AvgIpc) is 2.26. The maximum absolute atomic E-state index is 3.84.